The first-order valence-corrected chi connectivity index (χ1v) is 6.37. The number of ether oxygens (including phenoxy) is 1. The van der Waals surface area contributed by atoms with E-state index >= 15 is 0 Å². The van der Waals surface area contributed by atoms with E-state index in [1.807, 2.05) is 19.9 Å². The van der Waals surface area contributed by atoms with Crippen LogP contribution in [-0.2, 0) is 0 Å². The Hall–Kier alpha value is -2.56. The molecule has 0 aliphatic heterocycles. The van der Waals surface area contributed by atoms with Crippen LogP contribution in [0.15, 0.2) is 36.5 Å². The van der Waals surface area contributed by atoms with E-state index in [1.165, 1.54) is 0 Å². The van der Waals surface area contributed by atoms with E-state index in [4.69, 9.17) is 10.5 Å². The highest BCUT2D eigenvalue weighted by Crippen LogP contribution is 2.25. The molecule has 0 bridgehead atoms. The molecule has 0 atom stereocenters. The molecule has 0 spiro atoms. The molecule has 1 amide bonds. The van der Waals surface area contributed by atoms with Crippen molar-refractivity contribution in [3.63, 3.8) is 0 Å². The van der Waals surface area contributed by atoms with Crippen LogP contribution >= 0.6 is 0 Å². The minimum absolute atomic E-state index is 0.308. The predicted octanol–water partition coefficient (Wildman–Crippen LogP) is 2.62. The fourth-order valence-corrected chi connectivity index (χ4v) is 1.80. The molecule has 2 rings (SSSR count). The number of nitrogen functional groups attached to an aromatic ring is 1. The van der Waals surface area contributed by atoms with Gasteiger partial charge in [0.1, 0.15) is 11.3 Å². The number of carbonyl (C=O) groups excluding carboxylic acids is 1. The molecule has 0 fully saturated rings. The SMILES string of the molecule is CCOc1cccc(N)c1C(=O)Nc1ccc(C)nc1. The number of anilines is 2. The molecule has 0 unspecified atom stereocenters. The second-order valence-corrected chi connectivity index (χ2v) is 4.30. The molecule has 1 heterocycles. The van der Waals surface area contributed by atoms with Gasteiger partial charge in [0.25, 0.3) is 5.91 Å². The quantitative estimate of drug-likeness (QED) is 0.838. The summed E-state index contributed by atoms with van der Waals surface area (Å²) in [7, 11) is 0. The zero-order valence-electron chi connectivity index (χ0n) is 11.5. The number of hydrogen-bond acceptors (Lipinski definition) is 4. The summed E-state index contributed by atoms with van der Waals surface area (Å²) in [5, 5.41) is 2.76. The molecule has 5 nitrogen and oxygen atoms in total. The third kappa shape index (κ3) is 3.06. The first kappa shape index (κ1) is 13.9. The van der Waals surface area contributed by atoms with E-state index in [9.17, 15) is 4.79 Å². The molecule has 0 radical (unpaired) electrons. The van der Waals surface area contributed by atoms with Crippen LogP contribution in [0.5, 0.6) is 5.75 Å². The van der Waals surface area contributed by atoms with Crippen molar-refractivity contribution in [2.45, 2.75) is 13.8 Å². The minimum atomic E-state index is -0.308. The van der Waals surface area contributed by atoms with Gasteiger partial charge in [0.05, 0.1) is 18.5 Å². The van der Waals surface area contributed by atoms with Crippen LogP contribution in [0.25, 0.3) is 0 Å². The van der Waals surface area contributed by atoms with E-state index < -0.39 is 0 Å². The average Bonchev–Trinajstić information content (AvgIpc) is 2.42. The molecular weight excluding hydrogens is 254 g/mol. The molecular formula is C15H17N3O2. The van der Waals surface area contributed by atoms with Crippen molar-refractivity contribution < 1.29 is 9.53 Å². The summed E-state index contributed by atoms with van der Waals surface area (Å²) in [6.07, 6.45) is 1.60. The molecule has 0 aliphatic carbocycles. The number of aryl methyl sites for hydroxylation is 1. The summed E-state index contributed by atoms with van der Waals surface area (Å²) < 4.78 is 5.44. The van der Waals surface area contributed by atoms with Crippen molar-refractivity contribution in [1.82, 2.24) is 4.98 Å². The average molecular weight is 271 g/mol. The summed E-state index contributed by atoms with van der Waals surface area (Å²) in [5.74, 6) is 0.169. The van der Waals surface area contributed by atoms with Gasteiger partial charge in [-0.15, -0.1) is 0 Å². The van der Waals surface area contributed by atoms with Crippen LogP contribution in [0.3, 0.4) is 0 Å². The highest BCUT2D eigenvalue weighted by Gasteiger charge is 2.16. The van der Waals surface area contributed by atoms with Gasteiger partial charge in [-0.25, -0.2) is 0 Å². The van der Waals surface area contributed by atoms with Crippen molar-refractivity contribution in [1.29, 1.82) is 0 Å². The zero-order chi connectivity index (χ0) is 14.5. The number of carbonyl (C=O) groups is 1. The molecule has 1 aromatic carbocycles. The van der Waals surface area contributed by atoms with Gasteiger partial charge in [-0.3, -0.25) is 9.78 Å². The van der Waals surface area contributed by atoms with Crippen LogP contribution in [0.1, 0.15) is 23.0 Å². The smallest absolute Gasteiger partial charge is 0.261 e. The lowest BCUT2D eigenvalue weighted by molar-refractivity contribution is 0.102. The monoisotopic (exact) mass is 271 g/mol. The Labute approximate surface area is 117 Å². The van der Waals surface area contributed by atoms with Gasteiger partial charge in [0.2, 0.25) is 0 Å². The molecule has 0 saturated heterocycles. The Kier molecular flexibility index (Phi) is 4.20. The topological polar surface area (TPSA) is 77.2 Å². The number of nitrogens with zero attached hydrogens (tertiary/aromatic N) is 1. The fraction of sp³-hybridized carbons (Fsp3) is 0.200. The third-order valence-electron chi connectivity index (χ3n) is 2.75. The van der Waals surface area contributed by atoms with Crippen molar-refractivity contribution in [2.24, 2.45) is 0 Å². The predicted molar refractivity (Wildman–Crippen MR) is 79.0 cm³/mol. The highest BCUT2D eigenvalue weighted by atomic mass is 16.5. The number of hydrogen-bond donors (Lipinski definition) is 2. The summed E-state index contributed by atoms with van der Waals surface area (Å²) >= 11 is 0. The minimum Gasteiger partial charge on any atom is -0.493 e. The van der Waals surface area contributed by atoms with Crippen LogP contribution in [0.4, 0.5) is 11.4 Å². The molecule has 5 heteroatoms. The van der Waals surface area contributed by atoms with E-state index in [0.717, 1.165) is 5.69 Å². The maximum atomic E-state index is 12.3. The lowest BCUT2D eigenvalue weighted by Crippen LogP contribution is -2.16. The molecule has 1 aromatic heterocycles. The Balaban J connectivity index is 2.26. The zero-order valence-corrected chi connectivity index (χ0v) is 11.5. The van der Waals surface area contributed by atoms with Crippen molar-refractivity contribution in [3.8, 4) is 5.75 Å². The van der Waals surface area contributed by atoms with Crippen LogP contribution in [-0.4, -0.2) is 17.5 Å². The number of nitrogens with two attached hydrogens (primary N) is 1. The Bertz CT molecular complexity index is 609. The van der Waals surface area contributed by atoms with Gasteiger partial charge in [0.15, 0.2) is 0 Å². The number of benzene rings is 1. The van der Waals surface area contributed by atoms with E-state index in [2.05, 4.69) is 10.3 Å². The third-order valence-corrected chi connectivity index (χ3v) is 2.75. The largest absolute Gasteiger partial charge is 0.493 e. The molecule has 20 heavy (non-hydrogen) atoms. The number of nitrogens with one attached hydrogen (secondary N) is 1. The Morgan fingerprint density at radius 3 is 2.80 bits per heavy atom. The van der Waals surface area contributed by atoms with Gasteiger partial charge in [-0.05, 0) is 38.1 Å². The lowest BCUT2D eigenvalue weighted by Gasteiger charge is -2.12. The van der Waals surface area contributed by atoms with Gasteiger partial charge >= 0.3 is 0 Å². The first-order chi connectivity index (χ1) is 9.61. The van der Waals surface area contributed by atoms with E-state index in [1.54, 1.807) is 30.5 Å². The number of pyridine rings is 1. The van der Waals surface area contributed by atoms with Gasteiger partial charge in [-0.1, -0.05) is 6.07 Å². The van der Waals surface area contributed by atoms with Crippen LogP contribution in [0, 0.1) is 6.92 Å². The molecule has 0 aliphatic rings. The fourth-order valence-electron chi connectivity index (χ4n) is 1.80. The lowest BCUT2D eigenvalue weighted by atomic mass is 10.1. The van der Waals surface area contributed by atoms with E-state index in [-0.39, 0.29) is 5.91 Å². The van der Waals surface area contributed by atoms with E-state index in [0.29, 0.717) is 29.3 Å². The standard InChI is InChI=1S/C15H17N3O2/c1-3-20-13-6-4-5-12(16)14(13)15(19)18-11-8-7-10(2)17-9-11/h4-9H,3,16H2,1-2H3,(H,18,19). The number of aromatic nitrogens is 1. The second-order valence-electron chi connectivity index (χ2n) is 4.30. The molecule has 3 N–H and O–H groups in total. The maximum Gasteiger partial charge on any atom is 0.261 e. The van der Waals surface area contributed by atoms with Crippen molar-refractivity contribution >= 4 is 17.3 Å². The number of amides is 1. The maximum absolute atomic E-state index is 12.3. The summed E-state index contributed by atoms with van der Waals surface area (Å²) in [6, 6.07) is 8.77. The first-order valence-electron chi connectivity index (χ1n) is 6.37. The Morgan fingerprint density at radius 1 is 1.35 bits per heavy atom. The van der Waals surface area contributed by atoms with Crippen molar-refractivity contribution in [3.05, 3.63) is 47.8 Å². The van der Waals surface area contributed by atoms with Gasteiger partial charge in [0, 0.05) is 11.4 Å². The second kappa shape index (κ2) is 6.06. The van der Waals surface area contributed by atoms with Crippen LogP contribution in [0.2, 0.25) is 0 Å². The van der Waals surface area contributed by atoms with Gasteiger partial charge < -0.3 is 15.8 Å². The summed E-state index contributed by atoms with van der Waals surface area (Å²) in [6.45, 7) is 4.21. The van der Waals surface area contributed by atoms with Gasteiger partial charge in [-0.2, -0.15) is 0 Å². The normalized spacial score (nSPS) is 10.1. The molecule has 2 aromatic rings. The Morgan fingerprint density at radius 2 is 2.15 bits per heavy atom. The van der Waals surface area contributed by atoms with Crippen molar-refractivity contribution in [2.75, 3.05) is 17.7 Å². The molecule has 0 saturated carbocycles. The summed E-state index contributed by atoms with van der Waals surface area (Å²) in [4.78, 5) is 16.4. The highest BCUT2D eigenvalue weighted by molar-refractivity contribution is 6.09. The van der Waals surface area contributed by atoms with Crippen LogP contribution < -0.4 is 15.8 Å². The number of rotatable bonds is 4. The molecule has 104 valence electrons. The summed E-state index contributed by atoms with van der Waals surface area (Å²) in [5.41, 5.74) is 8.10.